The predicted molar refractivity (Wildman–Crippen MR) is 74.0 cm³/mol. The first-order valence-electron chi connectivity index (χ1n) is 6.58. The normalized spacial score (nSPS) is 18.9. The highest BCUT2D eigenvalue weighted by molar-refractivity contribution is 5.93. The molecule has 2 aromatic rings. The number of anilines is 1. The van der Waals surface area contributed by atoms with Gasteiger partial charge in [0.15, 0.2) is 0 Å². The van der Waals surface area contributed by atoms with Crippen LogP contribution in [0.3, 0.4) is 0 Å². The van der Waals surface area contributed by atoms with Gasteiger partial charge in [-0.1, -0.05) is 12.1 Å². The Labute approximate surface area is 115 Å². The van der Waals surface area contributed by atoms with Gasteiger partial charge in [0.1, 0.15) is 5.82 Å². The minimum absolute atomic E-state index is 0.156. The average Bonchev–Trinajstić information content (AvgIpc) is 2.48. The lowest BCUT2D eigenvalue weighted by atomic mass is 10.1. The quantitative estimate of drug-likeness (QED) is 0.888. The Bertz CT molecular complexity index is 639. The molecule has 0 spiro atoms. The van der Waals surface area contributed by atoms with Crippen molar-refractivity contribution >= 4 is 22.7 Å². The summed E-state index contributed by atoms with van der Waals surface area (Å²) in [5, 5.41) is 13.2. The predicted octanol–water partition coefficient (Wildman–Crippen LogP) is 1.92. The Balaban J connectivity index is 2.00. The lowest BCUT2D eigenvalue weighted by molar-refractivity contribution is 0.0684. The smallest absolute Gasteiger partial charge is 0.374 e. The van der Waals surface area contributed by atoms with E-state index in [2.05, 4.69) is 15.3 Å². The Morgan fingerprint density at radius 2 is 2.20 bits per heavy atom. The second kappa shape index (κ2) is 5.42. The molecule has 1 aromatic heterocycles. The fourth-order valence-corrected chi connectivity index (χ4v) is 2.33. The number of rotatable bonds is 3. The van der Waals surface area contributed by atoms with Gasteiger partial charge in [-0.3, -0.25) is 0 Å². The van der Waals surface area contributed by atoms with Gasteiger partial charge >= 0.3 is 5.97 Å². The first-order chi connectivity index (χ1) is 9.74. The van der Waals surface area contributed by atoms with Crippen LogP contribution in [0.1, 0.15) is 23.5 Å². The van der Waals surface area contributed by atoms with E-state index in [4.69, 9.17) is 9.84 Å². The van der Waals surface area contributed by atoms with E-state index in [9.17, 15) is 4.79 Å². The zero-order valence-corrected chi connectivity index (χ0v) is 10.9. The zero-order valence-electron chi connectivity index (χ0n) is 10.9. The number of para-hydroxylation sites is 1. The second-order valence-corrected chi connectivity index (χ2v) is 4.78. The van der Waals surface area contributed by atoms with E-state index >= 15 is 0 Å². The summed E-state index contributed by atoms with van der Waals surface area (Å²) >= 11 is 0. The molecule has 2 N–H and O–H groups in total. The second-order valence-electron chi connectivity index (χ2n) is 4.78. The van der Waals surface area contributed by atoms with Crippen molar-refractivity contribution in [2.24, 2.45) is 0 Å². The molecule has 0 amide bonds. The van der Waals surface area contributed by atoms with Crippen molar-refractivity contribution in [3.05, 3.63) is 30.1 Å². The largest absolute Gasteiger partial charge is 0.475 e. The van der Waals surface area contributed by atoms with Gasteiger partial charge in [-0.15, -0.1) is 0 Å². The van der Waals surface area contributed by atoms with Crippen LogP contribution in [0.5, 0.6) is 0 Å². The minimum Gasteiger partial charge on any atom is -0.475 e. The van der Waals surface area contributed by atoms with Gasteiger partial charge in [0, 0.05) is 12.0 Å². The fraction of sp³-hybridized carbons (Fsp3) is 0.357. The van der Waals surface area contributed by atoms with Crippen molar-refractivity contribution in [3.63, 3.8) is 0 Å². The van der Waals surface area contributed by atoms with Crippen LogP contribution in [-0.2, 0) is 4.74 Å². The number of hydrogen-bond donors (Lipinski definition) is 2. The summed E-state index contributed by atoms with van der Waals surface area (Å²) in [7, 11) is 0. The van der Waals surface area contributed by atoms with Crippen molar-refractivity contribution in [1.29, 1.82) is 0 Å². The Kier molecular flexibility index (Phi) is 3.47. The number of carboxylic acid groups (broad SMARTS) is 1. The van der Waals surface area contributed by atoms with Crippen molar-refractivity contribution < 1.29 is 14.6 Å². The molecule has 1 atom stereocenters. The number of ether oxygens (including phenoxy) is 1. The number of hydrogen-bond acceptors (Lipinski definition) is 5. The molecular weight excluding hydrogens is 258 g/mol. The molecule has 0 saturated carbocycles. The van der Waals surface area contributed by atoms with E-state index in [0.29, 0.717) is 17.9 Å². The summed E-state index contributed by atoms with van der Waals surface area (Å²) in [4.78, 5) is 19.3. The molecule has 3 rings (SSSR count). The van der Waals surface area contributed by atoms with E-state index in [1.807, 2.05) is 18.2 Å². The molecule has 1 unspecified atom stereocenters. The van der Waals surface area contributed by atoms with Crippen LogP contribution in [0.4, 0.5) is 5.82 Å². The molecule has 6 heteroatoms. The Morgan fingerprint density at radius 1 is 1.35 bits per heavy atom. The van der Waals surface area contributed by atoms with Crippen molar-refractivity contribution in [1.82, 2.24) is 9.97 Å². The summed E-state index contributed by atoms with van der Waals surface area (Å²) in [6, 6.07) is 7.53. The van der Waals surface area contributed by atoms with Gasteiger partial charge < -0.3 is 15.2 Å². The molecule has 1 fully saturated rings. The molecule has 20 heavy (non-hydrogen) atoms. The van der Waals surface area contributed by atoms with Crippen LogP contribution in [-0.4, -0.2) is 40.3 Å². The van der Waals surface area contributed by atoms with Crippen molar-refractivity contribution in [3.8, 4) is 0 Å². The highest BCUT2D eigenvalue weighted by Crippen LogP contribution is 2.22. The maximum Gasteiger partial charge on any atom is 0.374 e. The average molecular weight is 273 g/mol. The molecule has 1 aliphatic rings. The van der Waals surface area contributed by atoms with Crippen molar-refractivity contribution in [2.75, 3.05) is 18.5 Å². The summed E-state index contributed by atoms with van der Waals surface area (Å²) in [6.45, 7) is 1.39. The number of fused-ring (bicyclic) bond motifs is 1. The van der Waals surface area contributed by atoms with Crippen LogP contribution in [0.2, 0.25) is 0 Å². The molecule has 1 saturated heterocycles. The fourth-order valence-electron chi connectivity index (χ4n) is 2.33. The van der Waals surface area contributed by atoms with Crippen molar-refractivity contribution in [2.45, 2.75) is 18.9 Å². The summed E-state index contributed by atoms with van der Waals surface area (Å²) in [6.07, 6.45) is 1.98. The minimum atomic E-state index is -1.13. The van der Waals surface area contributed by atoms with Gasteiger partial charge in [-0.25, -0.2) is 14.8 Å². The molecule has 1 aliphatic heterocycles. The maximum atomic E-state index is 11.1. The molecule has 2 heterocycles. The van der Waals surface area contributed by atoms with Crippen LogP contribution >= 0.6 is 0 Å². The third-order valence-corrected chi connectivity index (χ3v) is 3.30. The lowest BCUT2D eigenvalue weighted by Crippen LogP contribution is -2.30. The highest BCUT2D eigenvalue weighted by atomic mass is 16.5. The third kappa shape index (κ3) is 2.55. The van der Waals surface area contributed by atoms with E-state index in [1.54, 1.807) is 6.07 Å². The van der Waals surface area contributed by atoms with Gasteiger partial charge in [-0.05, 0) is 25.0 Å². The van der Waals surface area contributed by atoms with Gasteiger partial charge in [-0.2, -0.15) is 0 Å². The number of aromatic carboxylic acids is 1. The maximum absolute atomic E-state index is 11.1. The van der Waals surface area contributed by atoms with E-state index in [0.717, 1.165) is 24.8 Å². The van der Waals surface area contributed by atoms with E-state index in [-0.39, 0.29) is 11.9 Å². The lowest BCUT2D eigenvalue weighted by Gasteiger charge is -2.24. The molecule has 0 aliphatic carbocycles. The standard InChI is InChI=1S/C14H15N3O3/c18-14(19)13-16-11-6-2-1-5-10(11)12(17-13)15-9-4-3-7-20-8-9/h1-2,5-6,9H,3-4,7-8H2,(H,18,19)(H,15,16,17). The number of nitrogens with zero attached hydrogens (tertiary/aromatic N) is 2. The van der Waals surface area contributed by atoms with Crippen LogP contribution < -0.4 is 5.32 Å². The molecule has 0 bridgehead atoms. The number of aromatic nitrogens is 2. The molecule has 104 valence electrons. The van der Waals surface area contributed by atoms with Crippen LogP contribution in [0.15, 0.2) is 24.3 Å². The number of carbonyl (C=O) groups is 1. The first kappa shape index (κ1) is 12.8. The Morgan fingerprint density at radius 3 is 2.95 bits per heavy atom. The molecular formula is C14H15N3O3. The first-order valence-corrected chi connectivity index (χ1v) is 6.58. The summed E-state index contributed by atoms with van der Waals surface area (Å²) < 4.78 is 5.42. The van der Waals surface area contributed by atoms with Gasteiger partial charge in [0.05, 0.1) is 18.2 Å². The third-order valence-electron chi connectivity index (χ3n) is 3.30. The highest BCUT2D eigenvalue weighted by Gasteiger charge is 2.18. The van der Waals surface area contributed by atoms with Gasteiger partial charge in [0.2, 0.25) is 5.82 Å². The zero-order chi connectivity index (χ0) is 13.9. The number of benzene rings is 1. The molecule has 1 aromatic carbocycles. The molecule has 0 radical (unpaired) electrons. The number of carboxylic acids is 1. The topological polar surface area (TPSA) is 84.3 Å². The SMILES string of the molecule is O=C(O)c1nc(NC2CCCOC2)c2ccccc2n1. The Hall–Kier alpha value is -2.21. The summed E-state index contributed by atoms with van der Waals surface area (Å²) in [5.74, 6) is -0.759. The van der Waals surface area contributed by atoms with E-state index in [1.165, 1.54) is 0 Å². The summed E-state index contributed by atoms with van der Waals surface area (Å²) in [5.41, 5.74) is 0.624. The van der Waals surface area contributed by atoms with Crippen LogP contribution in [0, 0.1) is 0 Å². The molecule has 6 nitrogen and oxygen atoms in total. The van der Waals surface area contributed by atoms with E-state index < -0.39 is 5.97 Å². The van der Waals surface area contributed by atoms with Gasteiger partial charge in [0.25, 0.3) is 0 Å². The monoisotopic (exact) mass is 273 g/mol. The van der Waals surface area contributed by atoms with Crippen LogP contribution in [0.25, 0.3) is 10.9 Å². The number of nitrogens with one attached hydrogen (secondary N) is 1.